The van der Waals surface area contributed by atoms with Crippen LogP contribution < -0.4 is 19.1 Å². The first-order chi connectivity index (χ1) is 15.1. The van der Waals surface area contributed by atoms with Crippen molar-refractivity contribution in [2.75, 3.05) is 32.0 Å². The average molecular weight is 461 g/mol. The van der Waals surface area contributed by atoms with E-state index in [4.69, 9.17) is 35.5 Å². The van der Waals surface area contributed by atoms with Crippen molar-refractivity contribution in [3.63, 3.8) is 0 Å². The largest absolute Gasteiger partial charge is 0.494 e. The first-order valence-corrected chi connectivity index (χ1v) is 11.3. The van der Waals surface area contributed by atoms with Gasteiger partial charge in [-0.15, -0.1) is 0 Å². The van der Waals surface area contributed by atoms with Gasteiger partial charge in [0.05, 0.1) is 35.9 Å². The fraction of sp³-hybridized carbons (Fsp3) is 0.364. The van der Waals surface area contributed by atoms with Crippen LogP contribution in [0.4, 0.5) is 5.13 Å². The monoisotopic (exact) mass is 460 g/mol. The number of anilines is 1. The summed E-state index contributed by atoms with van der Waals surface area (Å²) in [6.07, 6.45) is 2.12. The van der Waals surface area contributed by atoms with Gasteiger partial charge >= 0.3 is 0 Å². The highest BCUT2D eigenvalue weighted by Crippen LogP contribution is 2.39. The van der Waals surface area contributed by atoms with Gasteiger partial charge in [0.1, 0.15) is 11.3 Å². The van der Waals surface area contributed by atoms with Crippen LogP contribution in [-0.2, 0) is 16.0 Å². The Morgan fingerprint density at radius 3 is 2.97 bits per heavy atom. The van der Waals surface area contributed by atoms with Gasteiger partial charge < -0.3 is 18.9 Å². The summed E-state index contributed by atoms with van der Waals surface area (Å²) in [6, 6.07) is 9.13. The minimum atomic E-state index is -0.0662. The first-order valence-electron chi connectivity index (χ1n) is 10.1. The van der Waals surface area contributed by atoms with Crippen molar-refractivity contribution in [2.45, 2.75) is 25.4 Å². The first kappa shape index (κ1) is 20.4. The summed E-state index contributed by atoms with van der Waals surface area (Å²) in [5.74, 6) is 1.92. The average Bonchev–Trinajstić information content (AvgIpc) is 3.52. The summed E-state index contributed by atoms with van der Waals surface area (Å²) in [6.45, 7) is 1.36. The standard InChI is InChI=1S/C22H21ClN2O5S/c1-27-17-7-5-15(23)21-20(17)24-22(31-21)25(11-14-3-2-8-28-14)19(26)10-13-4-6-16-18(9-13)30-12-29-16/h4-7,9,14H,2-3,8,10-12H2,1H3/t14-/m1/s1. The highest BCUT2D eigenvalue weighted by molar-refractivity contribution is 7.23. The Morgan fingerprint density at radius 1 is 1.29 bits per heavy atom. The van der Waals surface area contributed by atoms with Gasteiger partial charge in [-0.3, -0.25) is 9.69 Å². The second-order valence-corrected chi connectivity index (χ2v) is 8.81. The molecule has 0 spiro atoms. The summed E-state index contributed by atoms with van der Waals surface area (Å²) >= 11 is 7.78. The lowest BCUT2D eigenvalue weighted by atomic mass is 10.1. The van der Waals surface area contributed by atoms with Gasteiger partial charge in [0.2, 0.25) is 12.7 Å². The molecular formula is C22H21ClN2O5S. The summed E-state index contributed by atoms with van der Waals surface area (Å²) in [5.41, 5.74) is 1.51. The number of rotatable bonds is 6. The molecule has 0 bridgehead atoms. The van der Waals surface area contributed by atoms with Crippen LogP contribution in [0.2, 0.25) is 5.02 Å². The maximum atomic E-state index is 13.4. The zero-order chi connectivity index (χ0) is 21.4. The molecule has 0 saturated carbocycles. The third kappa shape index (κ3) is 4.03. The van der Waals surface area contributed by atoms with Crippen LogP contribution in [0.3, 0.4) is 0 Å². The molecule has 0 radical (unpaired) electrons. The molecule has 3 aromatic rings. The van der Waals surface area contributed by atoms with Crippen LogP contribution in [-0.4, -0.2) is 44.0 Å². The number of fused-ring (bicyclic) bond motifs is 2. The fourth-order valence-corrected chi connectivity index (χ4v) is 5.10. The van der Waals surface area contributed by atoms with Crippen molar-refractivity contribution in [1.29, 1.82) is 0 Å². The summed E-state index contributed by atoms with van der Waals surface area (Å²) < 4.78 is 22.8. The van der Waals surface area contributed by atoms with Gasteiger partial charge in [-0.05, 0) is 42.7 Å². The van der Waals surface area contributed by atoms with Crippen molar-refractivity contribution in [2.24, 2.45) is 0 Å². The molecule has 2 aromatic carbocycles. The number of thiazole rings is 1. The molecule has 1 amide bonds. The van der Waals surface area contributed by atoms with E-state index in [9.17, 15) is 4.79 Å². The van der Waals surface area contributed by atoms with E-state index in [0.29, 0.717) is 46.1 Å². The van der Waals surface area contributed by atoms with Gasteiger partial charge in [-0.2, -0.15) is 0 Å². The van der Waals surface area contributed by atoms with Crippen molar-refractivity contribution >= 4 is 44.2 Å². The molecular weight excluding hydrogens is 440 g/mol. The number of hydrogen-bond acceptors (Lipinski definition) is 7. The number of carbonyl (C=O) groups is 1. The SMILES string of the molecule is COc1ccc(Cl)c2sc(N(C[C@H]3CCCO3)C(=O)Cc3ccc4c(c3)OCO4)nc12. The lowest BCUT2D eigenvalue weighted by molar-refractivity contribution is -0.118. The Morgan fingerprint density at radius 2 is 2.16 bits per heavy atom. The van der Waals surface area contributed by atoms with E-state index < -0.39 is 0 Å². The molecule has 0 N–H and O–H groups in total. The zero-order valence-corrected chi connectivity index (χ0v) is 18.5. The van der Waals surface area contributed by atoms with Crippen molar-refractivity contribution in [3.8, 4) is 17.2 Å². The predicted molar refractivity (Wildman–Crippen MR) is 119 cm³/mol. The third-order valence-electron chi connectivity index (χ3n) is 5.40. The molecule has 0 aliphatic carbocycles. The van der Waals surface area contributed by atoms with Gasteiger partial charge in [-0.1, -0.05) is 29.0 Å². The number of hydrogen-bond donors (Lipinski definition) is 0. The molecule has 31 heavy (non-hydrogen) atoms. The van der Waals surface area contributed by atoms with Gasteiger partial charge in [-0.25, -0.2) is 4.98 Å². The fourth-order valence-electron chi connectivity index (χ4n) is 3.82. The molecule has 2 aliphatic rings. The molecule has 9 heteroatoms. The summed E-state index contributed by atoms with van der Waals surface area (Å²) in [5, 5.41) is 1.17. The number of halogens is 1. The number of ether oxygens (including phenoxy) is 4. The van der Waals surface area contributed by atoms with E-state index in [0.717, 1.165) is 23.1 Å². The molecule has 1 aromatic heterocycles. The van der Waals surface area contributed by atoms with Crippen LogP contribution in [0.1, 0.15) is 18.4 Å². The number of benzene rings is 2. The molecule has 2 aliphatic heterocycles. The molecule has 5 rings (SSSR count). The summed E-state index contributed by atoms with van der Waals surface area (Å²) in [7, 11) is 1.59. The Hall–Kier alpha value is -2.55. The lowest BCUT2D eigenvalue weighted by Crippen LogP contribution is -2.38. The highest BCUT2D eigenvalue weighted by atomic mass is 35.5. The van der Waals surface area contributed by atoms with Crippen molar-refractivity contribution < 1.29 is 23.7 Å². The van der Waals surface area contributed by atoms with Gasteiger partial charge in [0.15, 0.2) is 16.6 Å². The number of nitrogens with zero attached hydrogens (tertiary/aromatic N) is 2. The predicted octanol–water partition coefficient (Wildman–Crippen LogP) is 4.44. The van der Waals surface area contributed by atoms with Crippen LogP contribution in [0, 0.1) is 0 Å². The van der Waals surface area contributed by atoms with Crippen LogP contribution in [0.15, 0.2) is 30.3 Å². The van der Waals surface area contributed by atoms with Crippen LogP contribution >= 0.6 is 22.9 Å². The minimum absolute atomic E-state index is 0.00918. The second kappa shape index (κ2) is 8.53. The molecule has 1 atom stereocenters. The number of methoxy groups -OCH3 is 1. The van der Waals surface area contributed by atoms with Crippen LogP contribution in [0.25, 0.3) is 10.2 Å². The van der Waals surface area contributed by atoms with Crippen molar-refractivity contribution in [3.05, 3.63) is 40.9 Å². The van der Waals surface area contributed by atoms with Gasteiger partial charge in [0.25, 0.3) is 0 Å². The Labute approximate surface area is 188 Å². The normalized spacial score (nSPS) is 17.3. The number of aromatic nitrogens is 1. The second-order valence-electron chi connectivity index (χ2n) is 7.43. The Balaban J connectivity index is 1.47. The maximum Gasteiger partial charge on any atom is 0.233 e. The maximum absolute atomic E-state index is 13.4. The van der Waals surface area contributed by atoms with Crippen molar-refractivity contribution in [1.82, 2.24) is 4.98 Å². The van der Waals surface area contributed by atoms with E-state index in [-0.39, 0.29) is 25.2 Å². The number of amides is 1. The molecule has 7 nitrogen and oxygen atoms in total. The van der Waals surface area contributed by atoms with E-state index in [2.05, 4.69) is 0 Å². The number of carbonyl (C=O) groups excluding carboxylic acids is 1. The Kier molecular flexibility index (Phi) is 5.60. The summed E-state index contributed by atoms with van der Waals surface area (Å²) in [4.78, 5) is 19.8. The van der Waals surface area contributed by atoms with E-state index in [1.54, 1.807) is 24.1 Å². The quantitative estimate of drug-likeness (QED) is 0.541. The van der Waals surface area contributed by atoms with Gasteiger partial charge in [0, 0.05) is 6.61 Å². The van der Waals surface area contributed by atoms with E-state index in [1.165, 1.54) is 11.3 Å². The topological polar surface area (TPSA) is 70.1 Å². The highest BCUT2D eigenvalue weighted by Gasteiger charge is 2.27. The molecule has 162 valence electrons. The van der Waals surface area contributed by atoms with E-state index in [1.807, 2.05) is 18.2 Å². The van der Waals surface area contributed by atoms with Crippen LogP contribution in [0.5, 0.6) is 17.2 Å². The minimum Gasteiger partial charge on any atom is -0.494 e. The molecule has 1 saturated heterocycles. The molecule has 0 unspecified atom stereocenters. The lowest BCUT2D eigenvalue weighted by Gasteiger charge is -2.23. The Bertz CT molecular complexity index is 1130. The molecule has 1 fully saturated rings. The zero-order valence-electron chi connectivity index (χ0n) is 16.9. The third-order valence-corrected chi connectivity index (χ3v) is 6.94. The molecule has 3 heterocycles. The smallest absolute Gasteiger partial charge is 0.233 e. The van der Waals surface area contributed by atoms with E-state index >= 15 is 0 Å².